The lowest BCUT2D eigenvalue weighted by Crippen LogP contribution is -2.51. The van der Waals surface area contributed by atoms with Crippen molar-refractivity contribution in [3.63, 3.8) is 0 Å². The number of Topliss-reactive ketones (excluding diaryl/α,β-unsaturated/α-hetero) is 2. The number of methoxy groups -OCH3 is 4. The summed E-state index contributed by atoms with van der Waals surface area (Å²) in [6.45, 7) is 8.69. The van der Waals surface area contributed by atoms with Gasteiger partial charge in [0.15, 0.2) is 29.0 Å². The molecule has 5 aliphatic heterocycles. The number of nitrogen functional groups attached to an aromatic ring is 1. The molecule has 0 aliphatic carbocycles. The third kappa shape index (κ3) is 15.9. The molecule has 5 atom stereocenters. The lowest BCUT2D eigenvalue weighted by Gasteiger charge is -2.40. The van der Waals surface area contributed by atoms with E-state index in [1.807, 2.05) is 84.9 Å². The van der Waals surface area contributed by atoms with Crippen LogP contribution in [0.1, 0.15) is 52.6 Å². The van der Waals surface area contributed by atoms with Crippen molar-refractivity contribution in [2.75, 3.05) is 140 Å². The molecule has 6 aromatic heterocycles. The van der Waals surface area contributed by atoms with Gasteiger partial charge in [-0.1, -0.05) is 58.3 Å². The fourth-order valence-electron chi connectivity index (χ4n) is 11.0. The van der Waals surface area contributed by atoms with Crippen LogP contribution in [0.15, 0.2) is 104 Å². The van der Waals surface area contributed by atoms with Crippen LogP contribution in [0.2, 0.25) is 0 Å². The molecule has 0 amide bonds. The summed E-state index contributed by atoms with van der Waals surface area (Å²) in [5.74, 6) is 2.59. The standard InChI is InChI=1S/2C24H29N7O3S.C10H13N7S/c2*1-33-19-14-31(15-19)18-6-3-5-16(11-18)23(34-2)20(32)12-22-28-29-24(35-22)26-17-8-10-30(13-17)21-7-4-9-25-27-21;11-9-15-16-10(18-9)13-7-3-5-17(6-7)8-2-1-4-12-14-8/h2*3-7,9,11,17,19,23H,8,10,12-15H2,1-2H3,(H,26,29);1-2,4,7H,3,5-6H2,(H2,11,15)(H,13,16)/t17-,23+;17-,23-;7-/m111/s1. The SMILES string of the molecule is COC1CN(c2cccc([C@@H](OC)C(=O)Cc3nnc(N[C@@H]4CCN(c5cccnn5)C4)s3)c2)C1.COC1CN(c2cccc([C@H](OC)C(=O)Cc3nnc(N[C@@H]4CCN(c5cccnn5)C4)s3)c2)C1.Nc1nnc(N[C@@H]2CCN(c3cccnn3)C2)s1. The number of nitrogens with two attached hydrogens (primary N) is 1. The van der Waals surface area contributed by atoms with Crippen molar-refractivity contribution >= 4 is 94.9 Å². The second-order valence-electron chi connectivity index (χ2n) is 21.7. The lowest BCUT2D eigenvalue weighted by atomic mass is 10.0. The molecule has 5 saturated heterocycles. The fourth-order valence-corrected chi connectivity index (χ4v) is 13.2. The Kier molecular flexibility index (Phi) is 20.7. The van der Waals surface area contributed by atoms with Gasteiger partial charge in [0.25, 0.3) is 0 Å². The normalized spacial score (nSPS) is 19.0. The molecule has 462 valence electrons. The third-order valence-electron chi connectivity index (χ3n) is 15.7. The quantitative estimate of drug-likeness (QED) is 0.0631. The van der Waals surface area contributed by atoms with Gasteiger partial charge in [-0.05, 0) is 91.1 Å². The highest BCUT2D eigenvalue weighted by Gasteiger charge is 2.32. The Morgan fingerprint density at radius 1 is 0.489 bits per heavy atom. The van der Waals surface area contributed by atoms with Crippen molar-refractivity contribution in [2.45, 2.75) is 74.6 Å². The highest BCUT2D eigenvalue weighted by Crippen LogP contribution is 2.32. The van der Waals surface area contributed by atoms with E-state index in [0.717, 1.165) is 140 Å². The zero-order chi connectivity index (χ0) is 60.8. The average molecular weight is 1250 g/mol. The van der Waals surface area contributed by atoms with E-state index >= 15 is 0 Å². The average Bonchev–Trinajstić information content (AvgIpc) is 3.45. The van der Waals surface area contributed by atoms with Crippen LogP contribution in [0.5, 0.6) is 0 Å². The zero-order valence-electron chi connectivity index (χ0n) is 49.3. The summed E-state index contributed by atoms with van der Waals surface area (Å²) in [4.78, 5) is 37.3. The number of rotatable bonds is 23. The van der Waals surface area contributed by atoms with Gasteiger partial charge < -0.3 is 65.1 Å². The molecule has 5 N–H and O–H groups in total. The highest BCUT2D eigenvalue weighted by molar-refractivity contribution is 7.18. The highest BCUT2D eigenvalue weighted by atomic mass is 32.1. The van der Waals surface area contributed by atoms with Gasteiger partial charge in [-0.3, -0.25) is 9.59 Å². The van der Waals surface area contributed by atoms with Crippen molar-refractivity contribution in [1.29, 1.82) is 0 Å². The molecule has 88 heavy (non-hydrogen) atoms. The number of carbonyl (C=O) groups excluding carboxylic acids is 2. The molecule has 0 bridgehead atoms. The molecule has 2 aromatic carbocycles. The Morgan fingerprint density at radius 3 is 1.22 bits per heavy atom. The Hall–Kier alpha value is -8.26. The summed E-state index contributed by atoms with van der Waals surface area (Å²) in [7, 11) is 6.59. The van der Waals surface area contributed by atoms with Gasteiger partial charge in [-0.25, -0.2) is 0 Å². The van der Waals surface area contributed by atoms with Gasteiger partial charge in [-0.2, -0.15) is 15.3 Å². The maximum atomic E-state index is 13.1. The number of ether oxygens (including phenoxy) is 4. The Balaban J connectivity index is 0.000000144. The molecule has 5 fully saturated rings. The molecule has 5 aliphatic rings. The molecule has 27 nitrogen and oxygen atoms in total. The van der Waals surface area contributed by atoms with E-state index in [0.29, 0.717) is 21.2 Å². The number of nitrogens with one attached hydrogen (secondary N) is 3. The first-order chi connectivity index (χ1) is 43.1. The van der Waals surface area contributed by atoms with Gasteiger partial charge in [0.05, 0.1) is 25.0 Å². The van der Waals surface area contributed by atoms with Crippen LogP contribution in [0, 0.1) is 0 Å². The summed E-state index contributed by atoms with van der Waals surface area (Å²) in [5, 5.41) is 63.3. The van der Waals surface area contributed by atoms with Crippen molar-refractivity contribution in [2.24, 2.45) is 0 Å². The maximum Gasteiger partial charge on any atom is 0.207 e. The van der Waals surface area contributed by atoms with Crippen molar-refractivity contribution in [3.8, 4) is 0 Å². The first kappa shape index (κ1) is 61.4. The zero-order valence-corrected chi connectivity index (χ0v) is 51.8. The molecule has 8 aromatic rings. The van der Waals surface area contributed by atoms with E-state index in [9.17, 15) is 9.59 Å². The van der Waals surface area contributed by atoms with Crippen LogP contribution in [0.25, 0.3) is 0 Å². The minimum atomic E-state index is -0.648. The fraction of sp³-hybridized carbons (Fsp3) is 0.448. The second kappa shape index (κ2) is 29.6. The van der Waals surface area contributed by atoms with Crippen LogP contribution in [0.3, 0.4) is 0 Å². The Bertz CT molecular complexity index is 3310. The lowest BCUT2D eigenvalue weighted by molar-refractivity contribution is -0.129. The smallest absolute Gasteiger partial charge is 0.207 e. The number of anilines is 9. The summed E-state index contributed by atoms with van der Waals surface area (Å²) in [5.41, 5.74) is 9.37. The molecular weight excluding hydrogens is 1180 g/mol. The largest absolute Gasteiger partial charge is 0.378 e. The predicted octanol–water partition coefficient (Wildman–Crippen LogP) is 5.31. The molecule has 11 heterocycles. The van der Waals surface area contributed by atoms with Crippen molar-refractivity contribution in [3.05, 3.63) is 125 Å². The number of nitrogens with zero attached hydrogens (tertiary/aromatic N) is 17. The Labute approximate surface area is 521 Å². The third-order valence-corrected chi connectivity index (χ3v) is 18.1. The van der Waals surface area contributed by atoms with Crippen LogP contribution in [0.4, 0.5) is 49.4 Å². The number of carbonyl (C=O) groups is 2. The van der Waals surface area contributed by atoms with Crippen LogP contribution in [-0.2, 0) is 41.4 Å². The number of hydrogen-bond acceptors (Lipinski definition) is 30. The van der Waals surface area contributed by atoms with Crippen LogP contribution < -0.4 is 46.2 Å². The maximum absolute atomic E-state index is 13.1. The van der Waals surface area contributed by atoms with Gasteiger partial charge >= 0.3 is 0 Å². The summed E-state index contributed by atoms with van der Waals surface area (Å²) in [6.07, 6.45) is 7.58. The first-order valence-electron chi connectivity index (χ1n) is 29.0. The van der Waals surface area contributed by atoms with Crippen LogP contribution >= 0.6 is 34.0 Å². The van der Waals surface area contributed by atoms with E-state index in [2.05, 4.69) is 102 Å². The molecule has 0 saturated carbocycles. The number of benzene rings is 2. The van der Waals surface area contributed by atoms with Crippen LogP contribution in [-0.4, -0.2) is 197 Å². The molecule has 0 unspecified atom stereocenters. The van der Waals surface area contributed by atoms with Crippen molar-refractivity contribution < 1.29 is 28.5 Å². The molecule has 0 spiro atoms. The minimum absolute atomic E-state index is 0.0413. The monoisotopic (exact) mass is 1250 g/mol. The van der Waals surface area contributed by atoms with E-state index in [1.165, 1.54) is 34.0 Å². The summed E-state index contributed by atoms with van der Waals surface area (Å²) >= 11 is 4.20. The first-order valence-corrected chi connectivity index (χ1v) is 31.5. The van der Waals surface area contributed by atoms with Gasteiger partial charge in [0.2, 0.25) is 20.5 Å². The van der Waals surface area contributed by atoms with E-state index in [1.54, 1.807) is 47.0 Å². The van der Waals surface area contributed by atoms with Gasteiger partial charge in [0, 0.05) is 142 Å². The van der Waals surface area contributed by atoms with Crippen molar-refractivity contribution in [1.82, 2.24) is 61.2 Å². The number of aromatic nitrogens is 12. The summed E-state index contributed by atoms with van der Waals surface area (Å²) < 4.78 is 21.9. The molecule has 13 rings (SSSR count). The van der Waals surface area contributed by atoms with Gasteiger partial charge in [0.1, 0.15) is 22.2 Å². The molecular formula is C58H71N21O6S3. The van der Waals surface area contributed by atoms with E-state index in [-0.39, 0.29) is 48.7 Å². The van der Waals surface area contributed by atoms with E-state index in [4.69, 9.17) is 24.7 Å². The second-order valence-corrected chi connectivity index (χ2v) is 24.8. The minimum Gasteiger partial charge on any atom is -0.378 e. The Morgan fingerprint density at radius 2 is 0.875 bits per heavy atom. The molecule has 30 heteroatoms. The summed E-state index contributed by atoms with van der Waals surface area (Å²) in [6, 6.07) is 28.3. The predicted molar refractivity (Wildman–Crippen MR) is 339 cm³/mol. The molecule has 0 radical (unpaired) electrons. The topological polar surface area (TPSA) is 304 Å². The van der Waals surface area contributed by atoms with Gasteiger partial charge in [-0.15, -0.1) is 45.9 Å². The van der Waals surface area contributed by atoms with E-state index < -0.39 is 12.2 Å². The number of ketones is 2. The number of hydrogen-bond donors (Lipinski definition) is 4.